The number of aliphatic carboxylic acids is 1. The third-order valence-electron chi connectivity index (χ3n) is 5.72. The molecule has 0 amide bonds. The maximum atomic E-state index is 12.0. The van der Waals surface area contributed by atoms with Crippen LogP contribution in [0.15, 0.2) is 57.2 Å². The van der Waals surface area contributed by atoms with Crippen molar-refractivity contribution in [1.29, 1.82) is 0 Å². The molecular weight excluding hydrogens is 404 g/mol. The van der Waals surface area contributed by atoms with E-state index in [1.54, 1.807) is 18.0 Å². The van der Waals surface area contributed by atoms with Crippen LogP contribution in [-0.4, -0.2) is 53.0 Å². The number of carboxylic acids is 1. The highest BCUT2D eigenvalue weighted by Gasteiger charge is 2.26. The Morgan fingerprint density at radius 1 is 1.14 bits per heavy atom. The molecular formula is C22H26N2O3S2. The van der Waals surface area contributed by atoms with Crippen molar-refractivity contribution in [3.63, 3.8) is 0 Å². The molecule has 0 radical (unpaired) electrons. The highest BCUT2D eigenvalue weighted by Crippen LogP contribution is 2.48. The minimum atomic E-state index is -1.01. The average Bonchev–Trinajstić information content (AvgIpc) is 2.73. The molecule has 1 unspecified atom stereocenters. The Kier molecular flexibility index (Phi) is 6.39. The Bertz CT molecular complexity index is 882. The maximum Gasteiger partial charge on any atom is 0.306 e. The molecule has 2 aliphatic heterocycles. The maximum absolute atomic E-state index is 12.0. The van der Waals surface area contributed by atoms with Crippen LogP contribution in [0.4, 0.5) is 11.4 Å². The van der Waals surface area contributed by atoms with Crippen LogP contribution < -0.4 is 4.90 Å². The van der Waals surface area contributed by atoms with Gasteiger partial charge in [-0.1, -0.05) is 23.9 Å². The first-order chi connectivity index (χ1) is 14.0. The molecule has 4 rings (SSSR count). The molecule has 2 aromatic rings. The summed E-state index contributed by atoms with van der Waals surface area (Å²) in [6, 6.07) is 14.5. The third kappa shape index (κ3) is 4.58. The fraction of sp³-hybridized carbons (Fsp3) is 0.409. The van der Waals surface area contributed by atoms with Crippen LogP contribution in [0.1, 0.15) is 19.3 Å². The van der Waals surface area contributed by atoms with Gasteiger partial charge in [0.15, 0.2) is 4.90 Å². The number of likely N-dealkylation sites (tertiary alicyclic amines) is 1. The molecule has 1 saturated heterocycles. The Morgan fingerprint density at radius 3 is 2.59 bits per heavy atom. The van der Waals surface area contributed by atoms with Gasteiger partial charge in [0.05, 0.1) is 17.3 Å². The second kappa shape index (κ2) is 9.00. The lowest BCUT2D eigenvalue weighted by Crippen LogP contribution is -2.37. The number of fused-ring (bicyclic) bond motifs is 2. The van der Waals surface area contributed by atoms with Crippen LogP contribution in [-0.2, 0) is 16.0 Å². The summed E-state index contributed by atoms with van der Waals surface area (Å²) in [4.78, 5) is 19.2. The quantitative estimate of drug-likeness (QED) is 0.693. The molecule has 0 bridgehead atoms. The fourth-order valence-corrected chi connectivity index (χ4v) is 5.70. The minimum Gasteiger partial charge on any atom is -0.612 e. The van der Waals surface area contributed by atoms with Gasteiger partial charge in [-0.3, -0.25) is 4.79 Å². The van der Waals surface area contributed by atoms with Gasteiger partial charge < -0.3 is 19.5 Å². The van der Waals surface area contributed by atoms with Gasteiger partial charge in [-0.15, -0.1) is 0 Å². The van der Waals surface area contributed by atoms with Gasteiger partial charge in [0.25, 0.3) is 0 Å². The summed E-state index contributed by atoms with van der Waals surface area (Å²) >= 11 is 0.756. The molecule has 2 aliphatic rings. The summed E-state index contributed by atoms with van der Waals surface area (Å²) < 4.78 is 12.0. The Hall–Kier alpha value is -1.67. The number of hydrogen-bond acceptors (Lipinski definition) is 5. The SMILES string of the molecule is C[S+]([O-])c1ccc2c(c1)N(CCCN1CCC(C(=O)O)CC1)c1ccccc1S2. The standard InChI is InChI=1S/C22H26N2O3S2/c1-29(27)17-7-8-21-19(15-17)24(18-5-2-3-6-20(18)28-21)12-4-11-23-13-9-16(10-14-23)22(25)26/h2-3,5-8,15-16H,4,9-14H2,1H3,(H,25,26). The van der Waals surface area contributed by atoms with E-state index in [2.05, 4.69) is 46.2 Å². The Balaban J connectivity index is 1.47. The highest BCUT2D eigenvalue weighted by molar-refractivity contribution is 7.99. The Morgan fingerprint density at radius 2 is 1.86 bits per heavy atom. The number of anilines is 2. The number of benzene rings is 2. The Labute approximate surface area is 179 Å². The third-order valence-corrected chi connectivity index (χ3v) is 7.77. The van der Waals surface area contributed by atoms with E-state index in [1.165, 1.54) is 15.5 Å². The molecule has 1 fully saturated rings. The smallest absolute Gasteiger partial charge is 0.306 e. The number of nitrogens with zero attached hydrogens (tertiary/aromatic N) is 2. The first-order valence-corrected chi connectivity index (χ1v) is 12.4. The van der Waals surface area contributed by atoms with E-state index >= 15 is 0 Å². The number of carboxylic acid groups (broad SMARTS) is 1. The van der Waals surface area contributed by atoms with Crippen molar-refractivity contribution in [3.05, 3.63) is 42.5 Å². The second-order valence-corrected chi connectivity index (χ2v) is 10.1. The van der Waals surface area contributed by atoms with Gasteiger partial charge in [0.1, 0.15) is 6.26 Å². The van der Waals surface area contributed by atoms with Gasteiger partial charge in [0, 0.05) is 22.4 Å². The lowest BCUT2D eigenvalue weighted by molar-refractivity contribution is -0.143. The summed E-state index contributed by atoms with van der Waals surface area (Å²) in [6.45, 7) is 3.56. The average molecular weight is 431 g/mol. The van der Waals surface area contributed by atoms with Crippen molar-refractivity contribution >= 4 is 40.3 Å². The lowest BCUT2D eigenvalue weighted by Gasteiger charge is -2.34. The molecule has 7 heteroatoms. The number of piperidine rings is 1. The van der Waals surface area contributed by atoms with Gasteiger partial charge in [-0.05, 0) is 74.3 Å². The van der Waals surface area contributed by atoms with E-state index in [0.717, 1.165) is 56.0 Å². The van der Waals surface area contributed by atoms with E-state index in [4.69, 9.17) is 5.11 Å². The molecule has 0 aliphatic carbocycles. The van der Waals surface area contributed by atoms with E-state index in [9.17, 15) is 9.35 Å². The zero-order valence-corrected chi connectivity index (χ0v) is 18.2. The summed E-state index contributed by atoms with van der Waals surface area (Å²) in [6.07, 6.45) is 4.20. The van der Waals surface area contributed by atoms with Gasteiger partial charge in [0.2, 0.25) is 0 Å². The number of para-hydroxylation sites is 1. The zero-order valence-electron chi connectivity index (χ0n) is 16.5. The van der Waals surface area contributed by atoms with Crippen LogP contribution in [0.25, 0.3) is 0 Å². The van der Waals surface area contributed by atoms with Crippen molar-refractivity contribution in [2.45, 2.75) is 33.9 Å². The molecule has 5 nitrogen and oxygen atoms in total. The number of carbonyl (C=O) groups is 1. The molecule has 1 atom stereocenters. The molecule has 1 N–H and O–H groups in total. The van der Waals surface area contributed by atoms with Crippen LogP contribution >= 0.6 is 11.8 Å². The zero-order chi connectivity index (χ0) is 20.4. The van der Waals surface area contributed by atoms with E-state index < -0.39 is 17.1 Å². The topological polar surface area (TPSA) is 66.8 Å². The summed E-state index contributed by atoms with van der Waals surface area (Å²) in [5, 5.41) is 9.17. The molecule has 2 aromatic carbocycles. The highest BCUT2D eigenvalue weighted by atomic mass is 32.2. The van der Waals surface area contributed by atoms with Crippen molar-refractivity contribution in [2.75, 3.05) is 37.3 Å². The van der Waals surface area contributed by atoms with Gasteiger partial charge in [-0.25, -0.2) is 0 Å². The molecule has 29 heavy (non-hydrogen) atoms. The first kappa shape index (κ1) is 20.6. The number of hydrogen-bond donors (Lipinski definition) is 1. The minimum absolute atomic E-state index is 0.183. The summed E-state index contributed by atoms with van der Waals surface area (Å²) in [5.41, 5.74) is 2.33. The van der Waals surface area contributed by atoms with Crippen molar-refractivity contribution < 1.29 is 14.5 Å². The van der Waals surface area contributed by atoms with Crippen molar-refractivity contribution in [3.8, 4) is 0 Å². The largest absolute Gasteiger partial charge is 0.612 e. The van der Waals surface area contributed by atoms with Crippen LogP contribution in [0.3, 0.4) is 0 Å². The number of rotatable bonds is 6. The summed E-state index contributed by atoms with van der Waals surface area (Å²) in [7, 11) is 0. The molecule has 154 valence electrons. The van der Waals surface area contributed by atoms with E-state index in [1.807, 2.05) is 6.07 Å². The van der Waals surface area contributed by atoms with E-state index in [0.29, 0.717) is 0 Å². The second-order valence-electron chi connectivity index (χ2n) is 7.61. The fourth-order valence-electron chi connectivity index (χ4n) is 4.08. The van der Waals surface area contributed by atoms with Crippen molar-refractivity contribution in [2.24, 2.45) is 5.92 Å². The monoisotopic (exact) mass is 430 g/mol. The normalized spacial score (nSPS) is 18.2. The predicted octanol–water partition coefficient (Wildman–Crippen LogP) is 4.21. The van der Waals surface area contributed by atoms with Crippen LogP contribution in [0, 0.1) is 5.92 Å². The lowest BCUT2D eigenvalue weighted by atomic mass is 9.97. The van der Waals surface area contributed by atoms with Gasteiger partial charge in [-0.2, -0.15) is 0 Å². The van der Waals surface area contributed by atoms with Crippen LogP contribution in [0.2, 0.25) is 0 Å². The molecule has 0 aromatic heterocycles. The van der Waals surface area contributed by atoms with Crippen LogP contribution in [0.5, 0.6) is 0 Å². The molecule has 0 spiro atoms. The predicted molar refractivity (Wildman–Crippen MR) is 118 cm³/mol. The molecule has 0 saturated carbocycles. The van der Waals surface area contributed by atoms with Gasteiger partial charge >= 0.3 is 5.97 Å². The summed E-state index contributed by atoms with van der Waals surface area (Å²) in [5.74, 6) is -0.842. The van der Waals surface area contributed by atoms with Crippen molar-refractivity contribution in [1.82, 2.24) is 4.90 Å². The first-order valence-electron chi connectivity index (χ1n) is 10.00. The van der Waals surface area contributed by atoms with E-state index in [-0.39, 0.29) is 5.92 Å². The molecule has 2 heterocycles.